The SMILES string of the molecule is Cc1nc2ccc(NC(=O)c3sc(NC(=O)c4cccc(F)c4)cc3C)cc2s1. The van der Waals surface area contributed by atoms with Gasteiger partial charge in [0, 0.05) is 11.3 Å². The van der Waals surface area contributed by atoms with E-state index < -0.39 is 11.7 Å². The van der Waals surface area contributed by atoms with Crippen molar-refractivity contribution >= 4 is 55.4 Å². The number of thiazole rings is 1. The van der Waals surface area contributed by atoms with E-state index in [1.807, 2.05) is 25.1 Å². The molecule has 0 bridgehead atoms. The molecule has 0 aliphatic rings. The van der Waals surface area contributed by atoms with Crippen LogP contribution in [0, 0.1) is 19.7 Å². The third-order valence-electron chi connectivity index (χ3n) is 4.20. The van der Waals surface area contributed by atoms with Gasteiger partial charge in [0.2, 0.25) is 0 Å². The number of thiophene rings is 1. The van der Waals surface area contributed by atoms with Gasteiger partial charge in [-0.1, -0.05) is 6.07 Å². The molecule has 0 atom stereocenters. The van der Waals surface area contributed by atoms with Crippen LogP contribution in [0.3, 0.4) is 0 Å². The van der Waals surface area contributed by atoms with Crippen LogP contribution < -0.4 is 10.6 Å². The van der Waals surface area contributed by atoms with Gasteiger partial charge in [-0.25, -0.2) is 9.37 Å². The van der Waals surface area contributed by atoms with E-state index in [2.05, 4.69) is 15.6 Å². The Hall–Kier alpha value is -3.10. The summed E-state index contributed by atoms with van der Waals surface area (Å²) in [7, 11) is 0. The van der Waals surface area contributed by atoms with Crippen molar-refractivity contribution < 1.29 is 14.0 Å². The van der Waals surface area contributed by atoms with E-state index in [0.29, 0.717) is 15.6 Å². The number of nitrogens with zero attached hydrogens (tertiary/aromatic N) is 1. The van der Waals surface area contributed by atoms with Crippen LogP contribution in [0.2, 0.25) is 0 Å². The molecule has 0 aliphatic carbocycles. The molecule has 2 amide bonds. The Morgan fingerprint density at radius 2 is 1.79 bits per heavy atom. The molecule has 2 N–H and O–H groups in total. The van der Waals surface area contributed by atoms with E-state index in [0.717, 1.165) is 20.8 Å². The summed E-state index contributed by atoms with van der Waals surface area (Å²) in [4.78, 5) is 29.9. The first-order chi connectivity index (χ1) is 13.9. The van der Waals surface area contributed by atoms with E-state index in [4.69, 9.17) is 0 Å². The van der Waals surface area contributed by atoms with Crippen molar-refractivity contribution in [2.24, 2.45) is 0 Å². The topological polar surface area (TPSA) is 71.1 Å². The van der Waals surface area contributed by atoms with Gasteiger partial charge in [0.1, 0.15) is 5.82 Å². The minimum Gasteiger partial charge on any atom is -0.321 e. The largest absolute Gasteiger partial charge is 0.321 e. The van der Waals surface area contributed by atoms with Crippen LogP contribution in [0.1, 0.15) is 30.6 Å². The highest BCUT2D eigenvalue weighted by molar-refractivity contribution is 7.18. The molecule has 5 nitrogen and oxygen atoms in total. The van der Waals surface area contributed by atoms with Gasteiger partial charge in [-0.15, -0.1) is 22.7 Å². The molecule has 0 saturated carbocycles. The normalized spacial score (nSPS) is 10.9. The first kappa shape index (κ1) is 19.2. The van der Waals surface area contributed by atoms with Gasteiger partial charge in [-0.3, -0.25) is 9.59 Å². The second kappa shape index (κ2) is 7.73. The number of aryl methyl sites for hydroxylation is 2. The molecule has 146 valence electrons. The van der Waals surface area contributed by atoms with Gasteiger partial charge in [0.25, 0.3) is 11.8 Å². The molecule has 29 heavy (non-hydrogen) atoms. The Morgan fingerprint density at radius 1 is 0.966 bits per heavy atom. The van der Waals surface area contributed by atoms with Crippen molar-refractivity contribution in [2.45, 2.75) is 13.8 Å². The lowest BCUT2D eigenvalue weighted by Gasteiger charge is -2.04. The highest BCUT2D eigenvalue weighted by atomic mass is 32.1. The molecule has 4 aromatic rings. The molecule has 4 rings (SSSR count). The number of aromatic nitrogens is 1. The third-order valence-corrected chi connectivity index (χ3v) is 6.29. The number of carbonyl (C=O) groups is 2. The first-order valence-electron chi connectivity index (χ1n) is 8.75. The summed E-state index contributed by atoms with van der Waals surface area (Å²) in [6, 6.07) is 12.8. The quantitative estimate of drug-likeness (QED) is 0.446. The Balaban J connectivity index is 1.50. The molecule has 2 aromatic heterocycles. The fourth-order valence-electron chi connectivity index (χ4n) is 2.89. The summed E-state index contributed by atoms with van der Waals surface area (Å²) >= 11 is 2.74. The maximum absolute atomic E-state index is 13.3. The summed E-state index contributed by atoms with van der Waals surface area (Å²) in [5.74, 6) is -1.16. The number of halogens is 1. The average molecular weight is 426 g/mol. The molecule has 2 aromatic carbocycles. The van der Waals surface area contributed by atoms with Gasteiger partial charge < -0.3 is 10.6 Å². The van der Waals surface area contributed by atoms with E-state index in [1.165, 1.54) is 35.6 Å². The summed E-state index contributed by atoms with van der Waals surface area (Å²) < 4.78 is 14.3. The highest BCUT2D eigenvalue weighted by Crippen LogP contribution is 2.29. The van der Waals surface area contributed by atoms with Gasteiger partial charge in [0.05, 0.1) is 25.1 Å². The number of rotatable bonds is 4. The van der Waals surface area contributed by atoms with Gasteiger partial charge in [-0.05, 0) is 61.9 Å². The minimum absolute atomic E-state index is 0.218. The summed E-state index contributed by atoms with van der Waals surface area (Å²) in [6.07, 6.45) is 0. The van der Waals surface area contributed by atoms with Crippen molar-refractivity contribution in [3.63, 3.8) is 0 Å². The van der Waals surface area contributed by atoms with Crippen LogP contribution in [0.15, 0.2) is 48.5 Å². The number of fused-ring (bicyclic) bond motifs is 1. The van der Waals surface area contributed by atoms with E-state index in [1.54, 1.807) is 24.3 Å². The number of amides is 2. The van der Waals surface area contributed by atoms with Gasteiger partial charge in [-0.2, -0.15) is 0 Å². The summed E-state index contributed by atoms with van der Waals surface area (Å²) in [6.45, 7) is 3.75. The molecule has 0 saturated heterocycles. The highest BCUT2D eigenvalue weighted by Gasteiger charge is 2.16. The maximum atomic E-state index is 13.3. The zero-order valence-electron chi connectivity index (χ0n) is 15.6. The van der Waals surface area contributed by atoms with Crippen LogP contribution >= 0.6 is 22.7 Å². The number of hydrogen-bond acceptors (Lipinski definition) is 5. The number of anilines is 2. The maximum Gasteiger partial charge on any atom is 0.266 e. The standard InChI is InChI=1S/C21H16FN3O2S2/c1-11-8-18(25-20(26)13-4-3-5-14(22)9-13)29-19(11)21(27)24-15-6-7-16-17(10-15)28-12(2)23-16/h3-10H,1-2H3,(H,24,27)(H,25,26). The van der Waals surface area contributed by atoms with Crippen molar-refractivity contribution in [1.82, 2.24) is 4.98 Å². The Kier molecular flexibility index (Phi) is 5.12. The second-order valence-electron chi connectivity index (χ2n) is 6.46. The molecular weight excluding hydrogens is 409 g/mol. The lowest BCUT2D eigenvalue weighted by atomic mass is 10.2. The third kappa shape index (κ3) is 4.18. The zero-order valence-corrected chi connectivity index (χ0v) is 17.2. The monoisotopic (exact) mass is 425 g/mol. The van der Waals surface area contributed by atoms with Crippen LogP contribution in [-0.2, 0) is 0 Å². The molecule has 8 heteroatoms. The van der Waals surface area contributed by atoms with Gasteiger partial charge in [0.15, 0.2) is 0 Å². The number of nitrogens with one attached hydrogen (secondary N) is 2. The minimum atomic E-state index is -0.479. The number of benzene rings is 2. The Morgan fingerprint density at radius 3 is 2.59 bits per heavy atom. The fourth-order valence-corrected chi connectivity index (χ4v) is 4.72. The molecular formula is C21H16FN3O2S2. The number of hydrogen-bond donors (Lipinski definition) is 2. The van der Waals surface area contributed by atoms with Crippen molar-refractivity contribution in [3.05, 3.63) is 75.4 Å². The molecule has 0 radical (unpaired) electrons. The van der Waals surface area contributed by atoms with Crippen LogP contribution in [0.4, 0.5) is 15.1 Å². The predicted molar refractivity (Wildman–Crippen MR) is 116 cm³/mol. The zero-order chi connectivity index (χ0) is 20.5. The molecule has 0 spiro atoms. The van der Waals surface area contributed by atoms with Crippen LogP contribution in [-0.4, -0.2) is 16.8 Å². The second-order valence-corrected chi connectivity index (χ2v) is 8.74. The van der Waals surface area contributed by atoms with Crippen molar-refractivity contribution in [3.8, 4) is 0 Å². The van der Waals surface area contributed by atoms with E-state index in [9.17, 15) is 14.0 Å². The molecule has 0 fully saturated rings. The lowest BCUT2D eigenvalue weighted by Crippen LogP contribution is -2.11. The van der Waals surface area contributed by atoms with E-state index in [-0.39, 0.29) is 11.5 Å². The Labute approximate surface area is 174 Å². The average Bonchev–Trinajstić information content (AvgIpc) is 3.22. The fraction of sp³-hybridized carbons (Fsp3) is 0.0952. The van der Waals surface area contributed by atoms with Crippen molar-refractivity contribution in [1.29, 1.82) is 0 Å². The predicted octanol–water partition coefficient (Wildman–Crippen LogP) is 5.62. The molecule has 0 aliphatic heterocycles. The van der Waals surface area contributed by atoms with Crippen LogP contribution in [0.25, 0.3) is 10.2 Å². The Bertz CT molecular complexity index is 1250. The van der Waals surface area contributed by atoms with Crippen molar-refractivity contribution in [2.75, 3.05) is 10.6 Å². The smallest absolute Gasteiger partial charge is 0.266 e. The van der Waals surface area contributed by atoms with Crippen LogP contribution in [0.5, 0.6) is 0 Å². The van der Waals surface area contributed by atoms with E-state index >= 15 is 0 Å². The summed E-state index contributed by atoms with van der Waals surface area (Å²) in [5.41, 5.74) is 2.55. The number of carbonyl (C=O) groups excluding carboxylic acids is 2. The molecule has 0 unspecified atom stereocenters. The molecule has 2 heterocycles. The first-order valence-corrected chi connectivity index (χ1v) is 10.4. The summed E-state index contributed by atoms with van der Waals surface area (Å²) in [5, 5.41) is 7.11. The lowest BCUT2D eigenvalue weighted by molar-refractivity contribution is 0.102. The van der Waals surface area contributed by atoms with Gasteiger partial charge >= 0.3 is 0 Å².